The van der Waals surface area contributed by atoms with Crippen molar-refractivity contribution in [2.45, 2.75) is 0 Å². The van der Waals surface area contributed by atoms with Crippen molar-refractivity contribution in [2.24, 2.45) is 11.5 Å². The molecule has 0 bridgehead atoms. The number of anilines is 2. The summed E-state index contributed by atoms with van der Waals surface area (Å²) < 4.78 is 0. The second-order valence-electron chi connectivity index (χ2n) is 4.70. The van der Waals surface area contributed by atoms with Gasteiger partial charge in [0, 0.05) is 16.8 Å². The van der Waals surface area contributed by atoms with Gasteiger partial charge >= 0.3 is 0 Å². The van der Waals surface area contributed by atoms with Gasteiger partial charge in [-0.15, -0.1) is 0 Å². The Balaban J connectivity index is 2.35. The van der Waals surface area contributed by atoms with Gasteiger partial charge in [-0.05, 0) is 23.6 Å². The summed E-state index contributed by atoms with van der Waals surface area (Å²) >= 11 is 0. The molecule has 0 aliphatic heterocycles. The van der Waals surface area contributed by atoms with Gasteiger partial charge < -0.3 is 22.1 Å². The molecule has 0 heterocycles. The lowest BCUT2D eigenvalue weighted by Gasteiger charge is -2.10. The zero-order valence-electron chi connectivity index (χ0n) is 11.8. The Hall–Kier alpha value is -3.28. The van der Waals surface area contributed by atoms with Crippen molar-refractivity contribution in [3.8, 4) is 0 Å². The van der Waals surface area contributed by atoms with E-state index in [1.807, 2.05) is 6.07 Å². The van der Waals surface area contributed by atoms with Crippen LogP contribution in [-0.4, -0.2) is 11.8 Å². The number of fused-ring (bicyclic) bond motifs is 1. The van der Waals surface area contributed by atoms with Crippen LogP contribution >= 0.6 is 0 Å². The molecular formula is C16H16N4O2. The first-order valence-corrected chi connectivity index (χ1v) is 6.42. The zero-order valence-corrected chi connectivity index (χ0v) is 11.8. The summed E-state index contributed by atoms with van der Waals surface area (Å²) in [7, 11) is 0. The Morgan fingerprint density at radius 2 is 1.55 bits per heavy atom. The predicted octanol–water partition coefficient (Wildman–Crippen LogP) is 1.66. The highest BCUT2D eigenvalue weighted by atomic mass is 16.2. The van der Waals surface area contributed by atoms with E-state index in [1.54, 1.807) is 30.3 Å². The fraction of sp³-hybridized carbons (Fsp3) is 0. The molecule has 0 saturated carbocycles. The normalized spacial score (nSPS) is 10.0. The lowest BCUT2D eigenvalue weighted by molar-refractivity contribution is -0.113. The molecule has 6 N–H and O–H groups in total. The lowest BCUT2D eigenvalue weighted by Crippen LogP contribution is -2.19. The van der Waals surface area contributed by atoms with Crippen LogP contribution in [0.2, 0.25) is 0 Å². The van der Waals surface area contributed by atoms with Crippen molar-refractivity contribution in [3.05, 3.63) is 61.0 Å². The van der Waals surface area contributed by atoms with E-state index in [0.29, 0.717) is 11.4 Å². The molecule has 0 radical (unpaired) electrons. The maximum absolute atomic E-state index is 11.6. The number of hydrogen-bond acceptors (Lipinski definition) is 4. The highest BCUT2D eigenvalue weighted by Gasteiger charge is 2.08. The summed E-state index contributed by atoms with van der Waals surface area (Å²) in [4.78, 5) is 23.1. The average molecular weight is 296 g/mol. The minimum absolute atomic E-state index is 0.0671. The first-order valence-electron chi connectivity index (χ1n) is 6.42. The average Bonchev–Trinajstić information content (AvgIpc) is 2.47. The maximum atomic E-state index is 11.6. The summed E-state index contributed by atoms with van der Waals surface area (Å²) in [5.41, 5.74) is 11.7. The Labute approximate surface area is 127 Å². The molecule has 0 fully saturated rings. The smallest absolute Gasteiger partial charge is 0.270 e. The molecule has 112 valence electrons. The number of carbonyl (C=O) groups is 2. The van der Waals surface area contributed by atoms with Gasteiger partial charge in [-0.3, -0.25) is 9.59 Å². The van der Waals surface area contributed by atoms with E-state index < -0.39 is 11.8 Å². The summed E-state index contributed by atoms with van der Waals surface area (Å²) in [6.07, 6.45) is 0. The van der Waals surface area contributed by atoms with Gasteiger partial charge in [-0.1, -0.05) is 31.4 Å². The standard InChI is InChI=1S/C16H16N4O2/c1-9(17)15(21)19-12-6-7-13-11(8-12)4-3-5-14(13)20-16(22)10(2)18/h3-8H,1-2,17-18H2,(H,19,21)(H,20,22). The third-order valence-corrected chi connectivity index (χ3v) is 2.97. The van der Waals surface area contributed by atoms with Gasteiger partial charge in [0.2, 0.25) is 0 Å². The van der Waals surface area contributed by atoms with Crippen LogP contribution in [0, 0.1) is 0 Å². The minimum Gasteiger partial charge on any atom is -0.395 e. The van der Waals surface area contributed by atoms with Crippen molar-refractivity contribution in [2.75, 3.05) is 10.6 Å². The maximum Gasteiger partial charge on any atom is 0.270 e. The number of rotatable bonds is 4. The zero-order chi connectivity index (χ0) is 16.3. The van der Waals surface area contributed by atoms with Crippen LogP contribution in [0.15, 0.2) is 61.0 Å². The molecule has 0 atom stereocenters. The van der Waals surface area contributed by atoms with Gasteiger partial charge in [0.15, 0.2) is 0 Å². The lowest BCUT2D eigenvalue weighted by atomic mass is 10.1. The quantitative estimate of drug-likeness (QED) is 0.643. The Morgan fingerprint density at radius 3 is 2.18 bits per heavy atom. The highest BCUT2D eigenvalue weighted by molar-refractivity contribution is 6.09. The SMILES string of the molecule is C=C(N)C(=O)Nc1ccc2c(NC(=O)C(=C)N)cccc2c1. The monoisotopic (exact) mass is 296 g/mol. The van der Waals surface area contributed by atoms with Crippen LogP contribution in [0.5, 0.6) is 0 Å². The molecule has 0 spiro atoms. The van der Waals surface area contributed by atoms with E-state index in [9.17, 15) is 9.59 Å². The van der Waals surface area contributed by atoms with Crippen LogP contribution in [0.1, 0.15) is 0 Å². The van der Waals surface area contributed by atoms with E-state index >= 15 is 0 Å². The first-order chi connectivity index (χ1) is 10.4. The molecule has 22 heavy (non-hydrogen) atoms. The van der Waals surface area contributed by atoms with E-state index in [1.165, 1.54) is 0 Å². The van der Waals surface area contributed by atoms with Crippen molar-refractivity contribution in [1.29, 1.82) is 0 Å². The van der Waals surface area contributed by atoms with E-state index in [0.717, 1.165) is 10.8 Å². The number of carbonyl (C=O) groups excluding carboxylic acids is 2. The number of hydrogen-bond donors (Lipinski definition) is 4. The van der Waals surface area contributed by atoms with Gasteiger partial charge in [0.1, 0.15) is 0 Å². The van der Waals surface area contributed by atoms with Crippen molar-refractivity contribution in [1.82, 2.24) is 0 Å². The molecular weight excluding hydrogens is 280 g/mol. The molecule has 6 nitrogen and oxygen atoms in total. The predicted molar refractivity (Wildman–Crippen MR) is 87.9 cm³/mol. The molecule has 2 rings (SSSR count). The molecule has 2 amide bonds. The topological polar surface area (TPSA) is 110 Å². The second kappa shape index (κ2) is 6.01. The summed E-state index contributed by atoms with van der Waals surface area (Å²) in [6.45, 7) is 6.77. The fourth-order valence-corrected chi connectivity index (χ4v) is 1.88. The van der Waals surface area contributed by atoms with Crippen LogP contribution in [-0.2, 0) is 9.59 Å². The third kappa shape index (κ3) is 3.24. The summed E-state index contributed by atoms with van der Waals surface area (Å²) in [5, 5.41) is 6.95. The van der Waals surface area contributed by atoms with Crippen LogP contribution in [0.25, 0.3) is 10.8 Å². The number of amides is 2. The number of benzene rings is 2. The molecule has 2 aromatic carbocycles. The van der Waals surface area contributed by atoms with Gasteiger partial charge in [0.25, 0.3) is 11.8 Å². The summed E-state index contributed by atoms with van der Waals surface area (Å²) in [5.74, 6) is -0.910. The first kappa shape index (κ1) is 15.1. The molecule has 0 aliphatic carbocycles. The van der Waals surface area contributed by atoms with Gasteiger partial charge in [-0.25, -0.2) is 0 Å². The molecule has 0 unspecified atom stereocenters. The number of nitrogens with two attached hydrogens (primary N) is 2. The largest absolute Gasteiger partial charge is 0.395 e. The molecule has 0 aromatic heterocycles. The molecule has 0 aliphatic rings. The summed E-state index contributed by atoms with van der Waals surface area (Å²) in [6, 6.07) is 10.6. The number of nitrogens with one attached hydrogen (secondary N) is 2. The van der Waals surface area contributed by atoms with E-state index in [-0.39, 0.29) is 11.4 Å². The van der Waals surface area contributed by atoms with Crippen molar-refractivity contribution < 1.29 is 9.59 Å². The molecule has 6 heteroatoms. The molecule has 2 aromatic rings. The fourth-order valence-electron chi connectivity index (χ4n) is 1.88. The van der Waals surface area contributed by atoms with Crippen molar-refractivity contribution in [3.63, 3.8) is 0 Å². The van der Waals surface area contributed by atoms with Gasteiger partial charge in [-0.2, -0.15) is 0 Å². The highest BCUT2D eigenvalue weighted by Crippen LogP contribution is 2.26. The minimum atomic E-state index is -0.455. The van der Waals surface area contributed by atoms with Crippen LogP contribution in [0.3, 0.4) is 0 Å². The third-order valence-electron chi connectivity index (χ3n) is 2.97. The van der Waals surface area contributed by atoms with E-state index in [4.69, 9.17) is 11.5 Å². The van der Waals surface area contributed by atoms with E-state index in [2.05, 4.69) is 23.8 Å². The van der Waals surface area contributed by atoms with Gasteiger partial charge in [0.05, 0.1) is 11.4 Å². The Bertz CT molecular complexity index is 796. The Kier molecular flexibility index (Phi) is 4.13. The molecule has 0 saturated heterocycles. The Morgan fingerprint density at radius 1 is 0.909 bits per heavy atom. The van der Waals surface area contributed by atoms with Crippen LogP contribution < -0.4 is 22.1 Å². The van der Waals surface area contributed by atoms with Crippen molar-refractivity contribution >= 4 is 34.0 Å². The van der Waals surface area contributed by atoms with Crippen LogP contribution in [0.4, 0.5) is 11.4 Å². The second-order valence-corrected chi connectivity index (χ2v) is 4.70.